The van der Waals surface area contributed by atoms with Crippen molar-refractivity contribution in [1.29, 1.82) is 0 Å². The van der Waals surface area contributed by atoms with E-state index in [1.807, 2.05) is 12.1 Å². The minimum Gasteiger partial charge on any atom is -0.359 e. The molecule has 2 N–H and O–H groups in total. The molecule has 1 heterocycles. The zero-order valence-electron chi connectivity index (χ0n) is 16.3. The highest BCUT2D eigenvalue weighted by molar-refractivity contribution is 14.0. The van der Waals surface area contributed by atoms with Gasteiger partial charge in [-0.15, -0.1) is 24.0 Å². The van der Waals surface area contributed by atoms with E-state index in [9.17, 15) is 4.79 Å². The number of halogens is 2. The van der Waals surface area contributed by atoms with Gasteiger partial charge in [0.2, 0.25) is 5.91 Å². The maximum atomic E-state index is 11.5. The van der Waals surface area contributed by atoms with Crippen molar-refractivity contribution < 1.29 is 4.79 Å². The van der Waals surface area contributed by atoms with Crippen LogP contribution >= 0.6 is 35.6 Å². The van der Waals surface area contributed by atoms with Crippen LogP contribution in [0.1, 0.15) is 38.2 Å². The van der Waals surface area contributed by atoms with Gasteiger partial charge in [0.15, 0.2) is 5.96 Å². The molecule has 1 aliphatic heterocycles. The van der Waals surface area contributed by atoms with Crippen molar-refractivity contribution in [2.45, 2.75) is 39.0 Å². The summed E-state index contributed by atoms with van der Waals surface area (Å²) in [5.74, 6) is 1.63. The lowest BCUT2D eigenvalue weighted by molar-refractivity contribution is -0.121. The number of carbonyl (C=O) groups is 1. The molecule has 1 aliphatic rings. The number of likely N-dealkylation sites (tertiary alicyclic amines) is 1. The lowest BCUT2D eigenvalue weighted by Gasteiger charge is -2.34. The van der Waals surface area contributed by atoms with Crippen LogP contribution < -0.4 is 10.6 Å². The normalized spacial score (nSPS) is 15.2. The maximum Gasteiger partial charge on any atom is 0.220 e. The fraction of sp³-hybridized carbons (Fsp3) is 0.600. The molecule has 0 atom stereocenters. The van der Waals surface area contributed by atoms with Crippen molar-refractivity contribution in [2.24, 2.45) is 10.9 Å². The van der Waals surface area contributed by atoms with Gasteiger partial charge in [0, 0.05) is 44.7 Å². The summed E-state index contributed by atoms with van der Waals surface area (Å²) in [7, 11) is 1.71. The number of amides is 1. The summed E-state index contributed by atoms with van der Waals surface area (Å²) in [6.07, 6.45) is 4.75. The molecular formula is C20H32ClIN4O. The van der Waals surface area contributed by atoms with Gasteiger partial charge in [-0.05, 0) is 56.2 Å². The van der Waals surface area contributed by atoms with Crippen LogP contribution in [0.25, 0.3) is 0 Å². The minimum atomic E-state index is 0. The Morgan fingerprint density at radius 3 is 2.52 bits per heavy atom. The van der Waals surface area contributed by atoms with Gasteiger partial charge in [0.05, 0.1) is 0 Å². The van der Waals surface area contributed by atoms with Gasteiger partial charge in [0.25, 0.3) is 0 Å². The van der Waals surface area contributed by atoms with Crippen LogP contribution in [0.3, 0.4) is 0 Å². The first kappa shape index (κ1) is 24.0. The fourth-order valence-electron chi connectivity index (χ4n) is 3.26. The molecule has 2 rings (SSSR count). The van der Waals surface area contributed by atoms with Gasteiger partial charge >= 0.3 is 0 Å². The molecule has 7 heteroatoms. The molecule has 0 bridgehead atoms. The van der Waals surface area contributed by atoms with E-state index in [1.165, 1.54) is 5.56 Å². The van der Waals surface area contributed by atoms with Crippen molar-refractivity contribution in [3.05, 3.63) is 34.9 Å². The predicted molar refractivity (Wildman–Crippen MR) is 124 cm³/mol. The van der Waals surface area contributed by atoms with Crippen molar-refractivity contribution in [1.82, 2.24) is 15.5 Å². The predicted octanol–water partition coefficient (Wildman–Crippen LogP) is 3.70. The molecule has 1 aromatic rings. The molecular weight excluding hydrogens is 475 g/mol. The van der Waals surface area contributed by atoms with E-state index >= 15 is 0 Å². The van der Waals surface area contributed by atoms with E-state index < -0.39 is 0 Å². The van der Waals surface area contributed by atoms with Gasteiger partial charge in [-0.25, -0.2) is 0 Å². The summed E-state index contributed by atoms with van der Waals surface area (Å²) in [4.78, 5) is 18.7. The summed E-state index contributed by atoms with van der Waals surface area (Å²) >= 11 is 5.92. The van der Waals surface area contributed by atoms with E-state index in [2.05, 4.69) is 34.6 Å². The largest absolute Gasteiger partial charge is 0.359 e. The lowest BCUT2D eigenvalue weighted by atomic mass is 9.93. The average molecular weight is 507 g/mol. The molecule has 1 fully saturated rings. The number of nitrogens with one attached hydrogen (secondary N) is 2. The van der Waals surface area contributed by atoms with Gasteiger partial charge in [-0.2, -0.15) is 0 Å². The standard InChI is InChI=1S/C20H31ClN4O.HI/c1-3-23-20(24-12-4-5-16-6-8-18(21)9-7-16)25-13-10-17(11-14-25)15-19(26)22-2;/h6-9,17H,3-5,10-15H2,1-2H3,(H,22,26)(H,23,24);1H. The van der Waals surface area contributed by atoms with E-state index in [1.54, 1.807) is 7.05 Å². The van der Waals surface area contributed by atoms with Crippen LogP contribution in [0, 0.1) is 5.92 Å². The lowest BCUT2D eigenvalue weighted by Crippen LogP contribution is -2.46. The Morgan fingerprint density at radius 2 is 1.93 bits per heavy atom. The number of aryl methyl sites for hydroxylation is 1. The summed E-state index contributed by atoms with van der Waals surface area (Å²) < 4.78 is 0. The molecule has 0 aliphatic carbocycles. The van der Waals surface area contributed by atoms with Crippen LogP contribution in [0.2, 0.25) is 5.02 Å². The quantitative estimate of drug-likeness (QED) is 0.257. The van der Waals surface area contributed by atoms with Gasteiger partial charge in [-0.1, -0.05) is 23.7 Å². The molecule has 0 radical (unpaired) electrons. The topological polar surface area (TPSA) is 56.7 Å². The SMILES string of the molecule is CCNC(=NCCCc1ccc(Cl)cc1)N1CCC(CC(=O)NC)CC1.I. The molecule has 0 spiro atoms. The van der Waals surface area contributed by atoms with E-state index in [0.717, 1.165) is 62.8 Å². The summed E-state index contributed by atoms with van der Waals surface area (Å²) in [5, 5.41) is 6.90. The second kappa shape index (κ2) is 13.2. The Kier molecular flexibility index (Phi) is 11.7. The third-order valence-electron chi connectivity index (χ3n) is 4.80. The molecule has 152 valence electrons. The Balaban J connectivity index is 0.00000364. The number of nitrogens with zero attached hydrogens (tertiary/aromatic N) is 2. The Labute approximate surface area is 185 Å². The number of hydrogen-bond acceptors (Lipinski definition) is 2. The minimum absolute atomic E-state index is 0. The molecule has 0 saturated carbocycles. The number of aliphatic imine (C=N–C) groups is 1. The molecule has 5 nitrogen and oxygen atoms in total. The Hall–Kier alpha value is -1.02. The molecule has 1 saturated heterocycles. The average Bonchev–Trinajstić information content (AvgIpc) is 2.66. The van der Waals surface area contributed by atoms with Crippen molar-refractivity contribution >= 4 is 47.4 Å². The zero-order chi connectivity index (χ0) is 18.8. The Bertz CT molecular complexity index is 586. The van der Waals surface area contributed by atoms with Gasteiger partial charge < -0.3 is 15.5 Å². The molecule has 1 amide bonds. The highest BCUT2D eigenvalue weighted by atomic mass is 127. The monoisotopic (exact) mass is 506 g/mol. The number of carbonyl (C=O) groups excluding carboxylic acids is 1. The maximum absolute atomic E-state index is 11.5. The van der Waals surface area contributed by atoms with Crippen LogP contribution in [0.5, 0.6) is 0 Å². The van der Waals surface area contributed by atoms with E-state index in [4.69, 9.17) is 16.6 Å². The van der Waals surface area contributed by atoms with Gasteiger partial charge in [0.1, 0.15) is 0 Å². The first-order valence-electron chi connectivity index (χ1n) is 9.60. The van der Waals surface area contributed by atoms with Crippen LogP contribution in [0.4, 0.5) is 0 Å². The second-order valence-electron chi connectivity index (χ2n) is 6.77. The fourth-order valence-corrected chi connectivity index (χ4v) is 3.38. The second-order valence-corrected chi connectivity index (χ2v) is 7.21. The van der Waals surface area contributed by atoms with Gasteiger partial charge in [-0.3, -0.25) is 9.79 Å². The highest BCUT2D eigenvalue weighted by Gasteiger charge is 2.22. The van der Waals surface area contributed by atoms with E-state index in [0.29, 0.717) is 12.3 Å². The summed E-state index contributed by atoms with van der Waals surface area (Å²) in [5.41, 5.74) is 1.30. The third-order valence-corrected chi connectivity index (χ3v) is 5.05. The van der Waals surface area contributed by atoms with Crippen molar-refractivity contribution in [3.63, 3.8) is 0 Å². The van der Waals surface area contributed by atoms with Crippen LogP contribution in [-0.2, 0) is 11.2 Å². The zero-order valence-corrected chi connectivity index (χ0v) is 19.4. The van der Waals surface area contributed by atoms with E-state index in [-0.39, 0.29) is 29.9 Å². The number of guanidine groups is 1. The molecule has 27 heavy (non-hydrogen) atoms. The first-order valence-corrected chi connectivity index (χ1v) is 9.98. The first-order chi connectivity index (χ1) is 12.6. The third kappa shape index (κ3) is 8.68. The van der Waals surface area contributed by atoms with Crippen molar-refractivity contribution in [3.8, 4) is 0 Å². The van der Waals surface area contributed by atoms with Crippen molar-refractivity contribution in [2.75, 3.05) is 33.2 Å². The number of benzene rings is 1. The summed E-state index contributed by atoms with van der Waals surface area (Å²) in [6.45, 7) is 5.70. The van der Waals surface area contributed by atoms with Crippen LogP contribution in [-0.4, -0.2) is 50.0 Å². The Morgan fingerprint density at radius 1 is 1.26 bits per heavy atom. The number of rotatable bonds is 7. The molecule has 1 aromatic carbocycles. The van der Waals surface area contributed by atoms with Crippen LogP contribution in [0.15, 0.2) is 29.3 Å². The smallest absolute Gasteiger partial charge is 0.220 e. The number of piperidine rings is 1. The summed E-state index contributed by atoms with van der Waals surface area (Å²) in [6, 6.07) is 8.03. The number of hydrogen-bond donors (Lipinski definition) is 2. The molecule has 0 unspecified atom stereocenters. The highest BCUT2D eigenvalue weighted by Crippen LogP contribution is 2.20. The molecule has 0 aromatic heterocycles.